The van der Waals surface area contributed by atoms with Crippen LogP contribution in [0, 0.1) is 3.57 Å². The topological polar surface area (TPSA) is 65.7 Å². The van der Waals surface area contributed by atoms with Gasteiger partial charge in [-0.3, -0.25) is 0 Å². The lowest BCUT2D eigenvalue weighted by Gasteiger charge is -2.08. The van der Waals surface area contributed by atoms with Crippen LogP contribution in [0.15, 0.2) is 57.7 Å². The molecule has 0 radical (unpaired) electrons. The van der Waals surface area contributed by atoms with E-state index >= 15 is 0 Å². The van der Waals surface area contributed by atoms with Crippen LogP contribution in [0.25, 0.3) is 11.0 Å². The largest absolute Gasteiger partial charge is 0.497 e. The van der Waals surface area contributed by atoms with Gasteiger partial charge in [0.1, 0.15) is 17.9 Å². The number of carbonyl (C=O) groups is 1. The fraction of sp³-hybridized carbons (Fsp3) is 0.111. The van der Waals surface area contributed by atoms with Gasteiger partial charge in [-0.1, -0.05) is 6.07 Å². The molecule has 0 aliphatic heterocycles. The number of methoxy groups -OCH3 is 1. The second-order valence-electron chi connectivity index (χ2n) is 5.04. The average Bonchev–Trinajstić information content (AvgIpc) is 2.58. The van der Waals surface area contributed by atoms with Crippen LogP contribution in [-0.2, 0) is 11.3 Å². The normalized spacial score (nSPS) is 10.6. The molecule has 0 aliphatic rings. The van der Waals surface area contributed by atoms with E-state index in [1.807, 2.05) is 6.07 Å². The Bertz CT molecular complexity index is 961. The molecule has 1 aromatic heterocycles. The number of hydrogen-bond donors (Lipinski definition) is 0. The van der Waals surface area contributed by atoms with Crippen molar-refractivity contribution in [2.24, 2.45) is 0 Å². The van der Waals surface area contributed by atoms with Gasteiger partial charge < -0.3 is 13.9 Å². The van der Waals surface area contributed by atoms with Gasteiger partial charge in [-0.2, -0.15) is 0 Å². The lowest BCUT2D eigenvalue weighted by molar-refractivity contribution is 0.0473. The molecule has 0 bridgehead atoms. The number of esters is 1. The Kier molecular flexibility index (Phi) is 4.84. The molecule has 5 nitrogen and oxygen atoms in total. The fourth-order valence-corrected chi connectivity index (χ4v) is 2.84. The van der Waals surface area contributed by atoms with Crippen molar-refractivity contribution in [3.05, 3.63) is 73.6 Å². The van der Waals surface area contributed by atoms with Crippen molar-refractivity contribution >= 4 is 39.5 Å². The van der Waals surface area contributed by atoms with E-state index in [2.05, 4.69) is 22.6 Å². The lowest BCUT2D eigenvalue weighted by atomic mass is 10.1. The summed E-state index contributed by atoms with van der Waals surface area (Å²) in [6.45, 7) is -0.0151. The van der Waals surface area contributed by atoms with E-state index in [1.54, 1.807) is 36.4 Å². The molecule has 24 heavy (non-hydrogen) atoms. The van der Waals surface area contributed by atoms with E-state index in [0.29, 0.717) is 27.8 Å². The first-order valence-electron chi connectivity index (χ1n) is 7.10. The van der Waals surface area contributed by atoms with Crippen LogP contribution in [0.2, 0.25) is 0 Å². The summed E-state index contributed by atoms with van der Waals surface area (Å²) in [4.78, 5) is 23.9. The van der Waals surface area contributed by atoms with Crippen molar-refractivity contribution < 1.29 is 18.7 Å². The quantitative estimate of drug-likeness (QED) is 0.354. The monoisotopic (exact) mass is 436 g/mol. The predicted molar refractivity (Wildman–Crippen MR) is 97.3 cm³/mol. The maximum atomic E-state index is 12.1. The van der Waals surface area contributed by atoms with E-state index in [9.17, 15) is 9.59 Å². The summed E-state index contributed by atoms with van der Waals surface area (Å²) in [5.74, 6) is 0.141. The maximum absolute atomic E-state index is 12.1. The summed E-state index contributed by atoms with van der Waals surface area (Å²) in [6, 6.07) is 13.6. The van der Waals surface area contributed by atoms with Crippen molar-refractivity contribution in [3.8, 4) is 5.75 Å². The molecule has 0 saturated carbocycles. The van der Waals surface area contributed by atoms with Crippen molar-refractivity contribution in [3.63, 3.8) is 0 Å². The molecule has 0 unspecified atom stereocenters. The zero-order valence-corrected chi connectivity index (χ0v) is 14.9. The highest BCUT2D eigenvalue weighted by molar-refractivity contribution is 14.1. The summed E-state index contributed by atoms with van der Waals surface area (Å²) >= 11 is 2.13. The molecule has 2 aromatic carbocycles. The van der Waals surface area contributed by atoms with Gasteiger partial charge >= 0.3 is 11.6 Å². The number of fused-ring (bicyclic) bond motifs is 1. The summed E-state index contributed by atoms with van der Waals surface area (Å²) in [5, 5.41) is 0.700. The minimum Gasteiger partial charge on any atom is -0.497 e. The Morgan fingerprint density at radius 1 is 1.17 bits per heavy atom. The Balaban J connectivity index is 1.87. The van der Waals surface area contributed by atoms with Crippen molar-refractivity contribution in [2.75, 3.05) is 7.11 Å². The van der Waals surface area contributed by atoms with Crippen LogP contribution in [0.5, 0.6) is 5.75 Å². The van der Waals surface area contributed by atoms with Gasteiger partial charge in [0.2, 0.25) is 0 Å². The van der Waals surface area contributed by atoms with Crippen LogP contribution in [0.3, 0.4) is 0 Å². The Morgan fingerprint density at radius 2 is 2.00 bits per heavy atom. The highest BCUT2D eigenvalue weighted by Crippen LogP contribution is 2.23. The van der Waals surface area contributed by atoms with Gasteiger partial charge in [0.25, 0.3) is 0 Å². The highest BCUT2D eigenvalue weighted by atomic mass is 127. The zero-order valence-electron chi connectivity index (χ0n) is 12.7. The molecular formula is C18H13IO5. The molecule has 0 amide bonds. The van der Waals surface area contributed by atoms with E-state index in [-0.39, 0.29) is 6.61 Å². The third-order valence-electron chi connectivity index (χ3n) is 3.46. The summed E-state index contributed by atoms with van der Waals surface area (Å²) in [5.41, 5.74) is 0.942. The molecule has 0 aliphatic carbocycles. The fourth-order valence-electron chi connectivity index (χ4n) is 2.30. The first-order valence-corrected chi connectivity index (χ1v) is 8.18. The van der Waals surface area contributed by atoms with Crippen molar-refractivity contribution in [1.82, 2.24) is 0 Å². The van der Waals surface area contributed by atoms with Gasteiger partial charge in [0.15, 0.2) is 0 Å². The van der Waals surface area contributed by atoms with Crippen molar-refractivity contribution in [2.45, 2.75) is 6.61 Å². The number of ether oxygens (including phenoxy) is 2. The van der Waals surface area contributed by atoms with Gasteiger partial charge in [-0.15, -0.1) is 0 Å². The molecule has 0 N–H and O–H groups in total. The van der Waals surface area contributed by atoms with Gasteiger partial charge in [0, 0.05) is 26.7 Å². The van der Waals surface area contributed by atoms with Crippen LogP contribution >= 0.6 is 22.6 Å². The minimum atomic E-state index is -0.504. The Hall–Kier alpha value is -2.35. The van der Waals surface area contributed by atoms with E-state index in [0.717, 1.165) is 3.57 Å². The Morgan fingerprint density at radius 3 is 2.75 bits per heavy atom. The molecule has 3 rings (SSSR count). The number of hydrogen-bond acceptors (Lipinski definition) is 5. The summed E-state index contributed by atoms with van der Waals surface area (Å²) in [6.07, 6.45) is 0. The first kappa shape index (κ1) is 16.5. The average molecular weight is 436 g/mol. The second kappa shape index (κ2) is 7.04. The molecule has 0 spiro atoms. The van der Waals surface area contributed by atoms with Crippen LogP contribution in [0.1, 0.15) is 15.9 Å². The standard InChI is InChI=1S/C18H13IO5/c1-22-14-5-6-15-12(8-17(20)24-16(15)9-14)10-23-18(21)11-3-2-4-13(19)7-11/h2-9H,10H2,1H3. The number of carbonyl (C=O) groups excluding carboxylic acids is 1. The van der Waals surface area contributed by atoms with Crippen LogP contribution in [-0.4, -0.2) is 13.1 Å². The summed E-state index contributed by atoms with van der Waals surface area (Å²) in [7, 11) is 1.53. The van der Waals surface area contributed by atoms with Crippen LogP contribution in [0.4, 0.5) is 0 Å². The number of rotatable bonds is 4. The Labute approximate surface area is 151 Å². The molecule has 1 heterocycles. The third kappa shape index (κ3) is 3.59. The van der Waals surface area contributed by atoms with E-state index in [1.165, 1.54) is 13.2 Å². The first-order chi connectivity index (χ1) is 11.6. The van der Waals surface area contributed by atoms with E-state index in [4.69, 9.17) is 13.9 Å². The molecule has 0 saturated heterocycles. The third-order valence-corrected chi connectivity index (χ3v) is 4.13. The lowest BCUT2D eigenvalue weighted by Crippen LogP contribution is -2.08. The van der Waals surface area contributed by atoms with Gasteiger partial charge in [0.05, 0.1) is 12.7 Å². The summed E-state index contributed by atoms with van der Waals surface area (Å²) < 4.78 is 16.6. The van der Waals surface area contributed by atoms with Gasteiger partial charge in [-0.05, 0) is 52.9 Å². The SMILES string of the molecule is COc1ccc2c(COC(=O)c3cccc(I)c3)cc(=O)oc2c1. The second-order valence-corrected chi connectivity index (χ2v) is 6.28. The molecule has 3 aromatic rings. The minimum absolute atomic E-state index is 0.0151. The van der Waals surface area contributed by atoms with Crippen molar-refractivity contribution in [1.29, 1.82) is 0 Å². The molecule has 122 valence electrons. The highest BCUT2D eigenvalue weighted by Gasteiger charge is 2.11. The van der Waals surface area contributed by atoms with E-state index < -0.39 is 11.6 Å². The predicted octanol–water partition coefficient (Wildman–Crippen LogP) is 3.76. The number of benzene rings is 2. The molecule has 0 atom stereocenters. The molecule has 0 fully saturated rings. The van der Waals surface area contributed by atoms with Gasteiger partial charge in [-0.25, -0.2) is 9.59 Å². The number of halogens is 1. The molecule has 6 heteroatoms. The molecular weight excluding hydrogens is 423 g/mol. The smallest absolute Gasteiger partial charge is 0.338 e. The maximum Gasteiger partial charge on any atom is 0.338 e. The zero-order chi connectivity index (χ0) is 17.1. The van der Waals surface area contributed by atoms with Crippen LogP contribution < -0.4 is 10.4 Å².